The second-order valence-corrected chi connectivity index (χ2v) is 7.64. The molecule has 1 aromatic carbocycles. The van der Waals surface area contributed by atoms with Crippen molar-refractivity contribution in [1.29, 1.82) is 0 Å². The lowest BCUT2D eigenvalue weighted by Crippen LogP contribution is -2.38. The van der Waals surface area contributed by atoms with Crippen molar-refractivity contribution in [1.82, 2.24) is 9.55 Å². The molecular weight excluding hydrogens is 260 g/mol. The molecule has 114 valence electrons. The maximum absolute atomic E-state index is 13.1. The van der Waals surface area contributed by atoms with E-state index in [2.05, 4.69) is 41.5 Å². The molecule has 0 spiro atoms. The number of fused-ring (bicyclic) bond motifs is 1. The average molecular weight is 286 g/mol. The summed E-state index contributed by atoms with van der Waals surface area (Å²) in [5, 5.41) is 0.761. The maximum atomic E-state index is 13.1. The fourth-order valence-corrected chi connectivity index (χ4v) is 2.83. The number of nitrogens with zero attached hydrogens (tertiary/aromatic N) is 2. The summed E-state index contributed by atoms with van der Waals surface area (Å²) < 4.78 is 1.85. The Balaban J connectivity index is 3.01. The molecule has 0 N–H and O–H groups in total. The van der Waals surface area contributed by atoms with Gasteiger partial charge in [-0.15, -0.1) is 0 Å². The van der Waals surface area contributed by atoms with E-state index < -0.39 is 0 Å². The lowest BCUT2D eigenvalue weighted by Gasteiger charge is -2.27. The topological polar surface area (TPSA) is 34.9 Å². The van der Waals surface area contributed by atoms with Gasteiger partial charge < -0.3 is 0 Å². The Bertz CT molecular complexity index is 728. The van der Waals surface area contributed by atoms with Crippen molar-refractivity contribution in [2.24, 2.45) is 0 Å². The van der Waals surface area contributed by atoms with Crippen LogP contribution >= 0.6 is 0 Å². The highest BCUT2D eigenvalue weighted by Gasteiger charge is 2.25. The van der Waals surface area contributed by atoms with Crippen LogP contribution in [0.1, 0.15) is 59.9 Å². The van der Waals surface area contributed by atoms with Gasteiger partial charge >= 0.3 is 0 Å². The summed E-state index contributed by atoms with van der Waals surface area (Å²) in [6.45, 7) is 14.6. The predicted molar refractivity (Wildman–Crippen MR) is 89.1 cm³/mol. The lowest BCUT2D eigenvalue weighted by atomic mass is 9.84. The highest BCUT2D eigenvalue weighted by molar-refractivity contribution is 5.82. The largest absolute Gasteiger partial charge is 0.291 e. The third-order valence-electron chi connectivity index (χ3n) is 3.76. The van der Waals surface area contributed by atoms with Gasteiger partial charge in [0.2, 0.25) is 0 Å². The van der Waals surface area contributed by atoms with Gasteiger partial charge in [0.1, 0.15) is 5.82 Å². The molecule has 0 saturated heterocycles. The van der Waals surface area contributed by atoms with Crippen LogP contribution in [0.4, 0.5) is 0 Å². The first-order valence-electron chi connectivity index (χ1n) is 7.63. The van der Waals surface area contributed by atoms with Crippen molar-refractivity contribution >= 4 is 10.9 Å². The van der Waals surface area contributed by atoms with Crippen molar-refractivity contribution in [3.8, 4) is 0 Å². The zero-order valence-electron chi connectivity index (χ0n) is 14.2. The molecule has 0 amide bonds. The molecule has 2 rings (SSSR count). The van der Waals surface area contributed by atoms with Crippen LogP contribution in [0.5, 0.6) is 0 Å². The Morgan fingerprint density at radius 1 is 1.10 bits per heavy atom. The van der Waals surface area contributed by atoms with Crippen LogP contribution in [0, 0.1) is 0 Å². The van der Waals surface area contributed by atoms with E-state index in [1.54, 1.807) is 0 Å². The van der Waals surface area contributed by atoms with Crippen LogP contribution in [0.15, 0.2) is 23.0 Å². The summed E-state index contributed by atoms with van der Waals surface area (Å²) in [7, 11) is 0. The average Bonchev–Trinajstić information content (AvgIpc) is 2.34. The van der Waals surface area contributed by atoms with E-state index in [1.165, 1.54) is 0 Å². The summed E-state index contributed by atoms with van der Waals surface area (Å²) in [5.74, 6) is 0.853. The second-order valence-electron chi connectivity index (χ2n) is 7.64. The van der Waals surface area contributed by atoms with Gasteiger partial charge in [-0.3, -0.25) is 9.36 Å². The van der Waals surface area contributed by atoms with Crippen molar-refractivity contribution < 1.29 is 0 Å². The molecule has 0 aliphatic heterocycles. The first-order valence-corrected chi connectivity index (χ1v) is 7.63. The number of hydrogen-bond donors (Lipinski definition) is 0. The Kier molecular flexibility index (Phi) is 3.73. The van der Waals surface area contributed by atoms with Crippen LogP contribution in [-0.4, -0.2) is 9.55 Å². The third-order valence-corrected chi connectivity index (χ3v) is 3.76. The van der Waals surface area contributed by atoms with Crippen LogP contribution in [0.3, 0.4) is 0 Å². The minimum absolute atomic E-state index is 0.0786. The molecule has 0 aliphatic rings. The number of aryl methyl sites for hydroxylation is 1. The van der Waals surface area contributed by atoms with E-state index in [0.717, 1.165) is 28.7 Å². The molecule has 3 heteroatoms. The van der Waals surface area contributed by atoms with E-state index in [0.29, 0.717) is 0 Å². The van der Waals surface area contributed by atoms with Gasteiger partial charge in [-0.1, -0.05) is 39.8 Å². The highest BCUT2D eigenvalue weighted by Crippen LogP contribution is 2.28. The highest BCUT2D eigenvalue weighted by atomic mass is 16.1. The van der Waals surface area contributed by atoms with Crippen molar-refractivity contribution in [2.45, 2.75) is 65.8 Å². The smallest absolute Gasteiger partial charge is 0.262 e. The quantitative estimate of drug-likeness (QED) is 0.794. The molecule has 0 atom stereocenters. The zero-order valence-corrected chi connectivity index (χ0v) is 14.2. The van der Waals surface area contributed by atoms with E-state index >= 15 is 0 Å². The zero-order chi connectivity index (χ0) is 16.0. The number of benzene rings is 1. The second kappa shape index (κ2) is 4.97. The molecule has 21 heavy (non-hydrogen) atoms. The SMILES string of the molecule is CCc1nc2cccc(C(C)(C)C)c2c(=O)n1C(C)(C)C. The van der Waals surface area contributed by atoms with Crippen LogP contribution in [-0.2, 0) is 17.4 Å². The molecule has 0 radical (unpaired) electrons. The first kappa shape index (κ1) is 15.7. The fraction of sp³-hybridized carbons (Fsp3) is 0.556. The molecule has 1 heterocycles. The predicted octanol–water partition coefficient (Wildman–Crippen LogP) is 4.01. The van der Waals surface area contributed by atoms with Crippen molar-refractivity contribution in [3.63, 3.8) is 0 Å². The van der Waals surface area contributed by atoms with Gasteiger partial charge in [-0.2, -0.15) is 0 Å². The van der Waals surface area contributed by atoms with Gasteiger partial charge in [0, 0.05) is 12.0 Å². The molecule has 1 aromatic heterocycles. The molecule has 0 bridgehead atoms. The van der Waals surface area contributed by atoms with Gasteiger partial charge in [0.25, 0.3) is 5.56 Å². The normalized spacial score (nSPS) is 12.9. The first-order chi connectivity index (χ1) is 9.57. The van der Waals surface area contributed by atoms with E-state index in [-0.39, 0.29) is 16.5 Å². The summed E-state index contributed by atoms with van der Waals surface area (Å²) in [5.41, 5.74) is 1.61. The summed E-state index contributed by atoms with van der Waals surface area (Å²) in [4.78, 5) is 17.9. The maximum Gasteiger partial charge on any atom is 0.262 e. The van der Waals surface area contributed by atoms with Gasteiger partial charge in [-0.05, 0) is 37.8 Å². The molecule has 0 unspecified atom stereocenters. The molecule has 0 aliphatic carbocycles. The van der Waals surface area contributed by atoms with E-state index in [9.17, 15) is 4.79 Å². The molecule has 3 nitrogen and oxygen atoms in total. The van der Waals surface area contributed by atoms with Gasteiger partial charge in [-0.25, -0.2) is 4.98 Å². The van der Waals surface area contributed by atoms with Crippen molar-refractivity contribution in [3.05, 3.63) is 39.9 Å². The summed E-state index contributed by atoms with van der Waals surface area (Å²) in [6.07, 6.45) is 0.752. The van der Waals surface area contributed by atoms with Crippen LogP contribution in [0.2, 0.25) is 0 Å². The summed E-state index contributed by atoms with van der Waals surface area (Å²) in [6, 6.07) is 5.98. The molecular formula is C18H26N2O. The number of hydrogen-bond acceptors (Lipinski definition) is 2. The third kappa shape index (κ3) is 2.74. The lowest BCUT2D eigenvalue weighted by molar-refractivity contribution is 0.367. The monoisotopic (exact) mass is 286 g/mol. The fourth-order valence-electron chi connectivity index (χ4n) is 2.83. The number of rotatable bonds is 1. The van der Waals surface area contributed by atoms with Crippen molar-refractivity contribution in [2.75, 3.05) is 0 Å². The Morgan fingerprint density at radius 3 is 2.19 bits per heavy atom. The van der Waals surface area contributed by atoms with E-state index in [4.69, 9.17) is 4.98 Å². The molecule has 0 saturated carbocycles. The Labute approximate surface area is 127 Å². The van der Waals surface area contributed by atoms with Crippen LogP contribution in [0.25, 0.3) is 10.9 Å². The summed E-state index contributed by atoms with van der Waals surface area (Å²) >= 11 is 0. The minimum atomic E-state index is -0.269. The van der Waals surface area contributed by atoms with Gasteiger partial charge in [0.05, 0.1) is 10.9 Å². The standard InChI is InChI=1S/C18H26N2O/c1-8-14-19-13-11-9-10-12(17(2,3)4)15(13)16(21)20(14)18(5,6)7/h9-11H,8H2,1-7H3. The molecule has 2 aromatic rings. The Hall–Kier alpha value is -1.64. The van der Waals surface area contributed by atoms with E-state index in [1.807, 2.05) is 29.7 Å². The van der Waals surface area contributed by atoms with Gasteiger partial charge in [0.15, 0.2) is 0 Å². The Morgan fingerprint density at radius 2 is 1.71 bits per heavy atom. The van der Waals surface area contributed by atoms with Crippen LogP contribution < -0.4 is 5.56 Å². The molecule has 0 fully saturated rings. The minimum Gasteiger partial charge on any atom is -0.291 e. The number of aromatic nitrogens is 2.